The first-order valence-electron chi connectivity index (χ1n) is 5.04. The van der Waals surface area contributed by atoms with Crippen molar-refractivity contribution in [1.82, 2.24) is 15.4 Å². The SMILES string of the molecule is CCC(CC)C(NN)c1cncnc1. The lowest BCUT2D eigenvalue weighted by molar-refractivity contribution is 0.344. The van der Waals surface area contributed by atoms with Crippen LogP contribution in [0.15, 0.2) is 18.7 Å². The number of hydrazine groups is 1. The normalized spacial score (nSPS) is 13.1. The first kappa shape index (κ1) is 11.1. The van der Waals surface area contributed by atoms with Crippen LogP contribution in [0.5, 0.6) is 0 Å². The average molecular weight is 194 g/mol. The quantitative estimate of drug-likeness (QED) is 0.549. The van der Waals surface area contributed by atoms with Gasteiger partial charge < -0.3 is 0 Å². The Morgan fingerprint density at radius 2 is 1.86 bits per heavy atom. The van der Waals surface area contributed by atoms with Gasteiger partial charge in [-0.3, -0.25) is 11.3 Å². The molecule has 0 saturated carbocycles. The Balaban J connectivity index is 2.81. The molecule has 1 aromatic heterocycles. The Morgan fingerprint density at radius 3 is 2.29 bits per heavy atom. The maximum Gasteiger partial charge on any atom is 0.115 e. The summed E-state index contributed by atoms with van der Waals surface area (Å²) in [5, 5.41) is 0. The average Bonchev–Trinajstić information content (AvgIpc) is 2.27. The van der Waals surface area contributed by atoms with Crippen molar-refractivity contribution in [3.63, 3.8) is 0 Å². The van der Waals surface area contributed by atoms with Gasteiger partial charge in [0.25, 0.3) is 0 Å². The Labute approximate surface area is 84.9 Å². The van der Waals surface area contributed by atoms with Crippen molar-refractivity contribution >= 4 is 0 Å². The highest BCUT2D eigenvalue weighted by atomic mass is 15.2. The number of hydrogen-bond acceptors (Lipinski definition) is 4. The number of rotatable bonds is 5. The van der Waals surface area contributed by atoms with Gasteiger partial charge in [-0.25, -0.2) is 9.97 Å². The highest BCUT2D eigenvalue weighted by Crippen LogP contribution is 2.25. The van der Waals surface area contributed by atoms with Crippen molar-refractivity contribution in [1.29, 1.82) is 0 Å². The molecule has 0 aliphatic heterocycles. The molecule has 3 N–H and O–H groups in total. The lowest BCUT2D eigenvalue weighted by Gasteiger charge is -2.24. The van der Waals surface area contributed by atoms with Crippen molar-refractivity contribution in [2.45, 2.75) is 32.7 Å². The third-order valence-electron chi connectivity index (χ3n) is 2.64. The molecule has 0 aromatic carbocycles. The minimum Gasteiger partial charge on any atom is -0.271 e. The summed E-state index contributed by atoms with van der Waals surface area (Å²) >= 11 is 0. The van der Waals surface area contributed by atoms with E-state index in [0.717, 1.165) is 18.4 Å². The molecule has 1 atom stereocenters. The monoisotopic (exact) mass is 194 g/mol. The molecule has 4 heteroatoms. The standard InChI is InChI=1S/C10H18N4/c1-3-8(4-2)10(14-11)9-5-12-7-13-6-9/h5-8,10,14H,3-4,11H2,1-2H3. The fourth-order valence-corrected chi connectivity index (χ4v) is 1.74. The van der Waals surface area contributed by atoms with Crippen LogP contribution in [-0.4, -0.2) is 9.97 Å². The summed E-state index contributed by atoms with van der Waals surface area (Å²) in [6, 6.07) is 0.159. The summed E-state index contributed by atoms with van der Waals surface area (Å²) < 4.78 is 0. The number of nitrogens with one attached hydrogen (secondary N) is 1. The van der Waals surface area contributed by atoms with Crippen molar-refractivity contribution < 1.29 is 0 Å². The van der Waals surface area contributed by atoms with Crippen LogP contribution in [0.3, 0.4) is 0 Å². The topological polar surface area (TPSA) is 63.8 Å². The molecule has 0 fully saturated rings. The first-order chi connectivity index (χ1) is 6.83. The second-order valence-corrected chi connectivity index (χ2v) is 3.39. The Hall–Kier alpha value is -1.00. The van der Waals surface area contributed by atoms with Gasteiger partial charge in [-0.2, -0.15) is 0 Å². The number of hydrogen-bond donors (Lipinski definition) is 2. The van der Waals surface area contributed by atoms with Crippen LogP contribution in [0.1, 0.15) is 38.3 Å². The van der Waals surface area contributed by atoms with E-state index in [1.807, 2.05) is 12.4 Å². The van der Waals surface area contributed by atoms with Crippen LogP contribution in [0, 0.1) is 5.92 Å². The van der Waals surface area contributed by atoms with Crippen molar-refractivity contribution in [2.75, 3.05) is 0 Å². The van der Waals surface area contributed by atoms with Crippen molar-refractivity contribution in [3.05, 3.63) is 24.3 Å². The van der Waals surface area contributed by atoms with Crippen LogP contribution < -0.4 is 11.3 Å². The van der Waals surface area contributed by atoms with Crippen LogP contribution >= 0.6 is 0 Å². The van der Waals surface area contributed by atoms with E-state index in [1.165, 1.54) is 6.33 Å². The van der Waals surface area contributed by atoms with E-state index in [4.69, 9.17) is 5.84 Å². The molecule has 0 amide bonds. The Bertz CT molecular complexity index is 246. The smallest absolute Gasteiger partial charge is 0.115 e. The van der Waals surface area contributed by atoms with Gasteiger partial charge in [0.2, 0.25) is 0 Å². The Morgan fingerprint density at radius 1 is 1.29 bits per heavy atom. The molecule has 0 radical (unpaired) electrons. The van der Waals surface area contributed by atoms with Gasteiger partial charge in [0.05, 0.1) is 6.04 Å². The van der Waals surface area contributed by atoms with Crippen LogP contribution in [0.2, 0.25) is 0 Å². The largest absolute Gasteiger partial charge is 0.271 e. The van der Waals surface area contributed by atoms with Gasteiger partial charge in [-0.15, -0.1) is 0 Å². The van der Waals surface area contributed by atoms with E-state index in [0.29, 0.717) is 5.92 Å². The van der Waals surface area contributed by atoms with E-state index in [9.17, 15) is 0 Å². The molecule has 0 saturated heterocycles. The minimum absolute atomic E-state index is 0.159. The lowest BCUT2D eigenvalue weighted by atomic mass is 9.91. The van der Waals surface area contributed by atoms with Gasteiger partial charge in [-0.1, -0.05) is 26.7 Å². The second-order valence-electron chi connectivity index (χ2n) is 3.39. The molecule has 1 rings (SSSR count). The molecule has 0 aliphatic carbocycles. The molecule has 0 bridgehead atoms. The molecule has 1 unspecified atom stereocenters. The third kappa shape index (κ3) is 2.49. The van der Waals surface area contributed by atoms with E-state index >= 15 is 0 Å². The summed E-state index contributed by atoms with van der Waals surface area (Å²) in [7, 11) is 0. The number of aromatic nitrogens is 2. The molecule has 1 aromatic rings. The van der Waals surface area contributed by atoms with Crippen molar-refractivity contribution in [3.8, 4) is 0 Å². The molecular formula is C10H18N4. The third-order valence-corrected chi connectivity index (χ3v) is 2.64. The van der Waals surface area contributed by atoms with Gasteiger partial charge in [0.15, 0.2) is 0 Å². The molecule has 0 aliphatic rings. The first-order valence-corrected chi connectivity index (χ1v) is 5.04. The highest BCUT2D eigenvalue weighted by molar-refractivity contribution is 5.10. The fraction of sp³-hybridized carbons (Fsp3) is 0.600. The molecule has 0 spiro atoms. The summed E-state index contributed by atoms with van der Waals surface area (Å²) in [5.74, 6) is 6.08. The van der Waals surface area contributed by atoms with Crippen LogP contribution in [-0.2, 0) is 0 Å². The lowest BCUT2D eigenvalue weighted by Crippen LogP contribution is -2.33. The fourth-order valence-electron chi connectivity index (χ4n) is 1.74. The maximum absolute atomic E-state index is 5.55. The zero-order valence-electron chi connectivity index (χ0n) is 8.77. The summed E-state index contributed by atoms with van der Waals surface area (Å²) in [6.07, 6.45) is 7.36. The van der Waals surface area contributed by atoms with Crippen LogP contribution in [0.25, 0.3) is 0 Å². The molecule has 14 heavy (non-hydrogen) atoms. The summed E-state index contributed by atoms with van der Waals surface area (Å²) in [5.41, 5.74) is 3.90. The van der Waals surface area contributed by atoms with Gasteiger partial charge in [0, 0.05) is 18.0 Å². The second kappa shape index (κ2) is 5.67. The van der Waals surface area contributed by atoms with Gasteiger partial charge >= 0.3 is 0 Å². The molecular weight excluding hydrogens is 176 g/mol. The zero-order valence-corrected chi connectivity index (χ0v) is 8.77. The van der Waals surface area contributed by atoms with E-state index in [-0.39, 0.29) is 6.04 Å². The Kier molecular flexibility index (Phi) is 4.49. The van der Waals surface area contributed by atoms with Crippen LogP contribution in [0.4, 0.5) is 0 Å². The molecule has 78 valence electrons. The van der Waals surface area contributed by atoms with Gasteiger partial charge in [-0.05, 0) is 5.92 Å². The van der Waals surface area contributed by atoms with E-state index < -0.39 is 0 Å². The summed E-state index contributed by atoms with van der Waals surface area (Å²) in [6.45, 7) is 4.34. The molecule has 1 heterocycles. The summed E-state index contributed by atoms with van der Waals surface area (Å²) in [4.78, 5) is 8.00. The molecule has 4 nitrogen and oxygen atoms in total. The van der Waals surface area contributed by atoms with E-state index in [2.05, 4.69) is 29.2 Å². The highest BCUT2D eigenvalue weighted by Gasteiger charge is 2.19. The minimum atomic E-state index is 0.159. The van der Waals surface area contributed by atoms with E-state index in [1.54, 1.807) is 0 Å². The van der Waals surface area contributed by atoms with Gasteiger partial charge in [0.1, 0.15) is 6.33 Å². The zero-order chi connectivity index (χ0) is 10.4. The maximum atomic E-state index is 5.55. The van der Waals surface area contributed by atoms with Crippen molar-refractivity contribution in [2.24, 2.45) is 11.8 Å². The number of nitrogens with zero attached hydrogens (tertiary/aromatic N) is 2. The predicted octanol–water partition coefficient (Wildman–Crippen LogP) is 1.42. The number of nitrogens with two attached hydrogens (primary N) is 1. The predicted molar refractivity (Wildman–Crippen MR) is 56.2 cm³/mol.